The molecule has 0 amide bonds. The van der Waals surface area contributed by atoms with Crippen molar-refractivity contribution < 1.29 is 18.3 Å². The second kappa shape index (κ2) is 6.61. The molecule has 0 aliphatic carbocycles. The normalized spacial score (nSPS) is 14.3. The van der Waals surface area contributed by atoms with Gasteiger partial charge >= 0.3 is 5.92 Å². The Kier molecular flexibility index (Phi) is 4.66. The largest absolute Gasteiger partial charge is 0.377 e. The number of pyridine rings is 1. The van der Waals surface area contributed by atoms with E-state index >= 15 is 8.78 Å². The minimum absolute atomic E-state index is 0.508. The van der Waals surface area contributed by atoms with Crippen LogP contribution < -0.4 is 0 Å². The van der Waals surface area contributed by atoms with Gasteiger partial charge in [-0.25, -0.2) is 4.39 Å². The van der Waals surface area contributed by atoms with Gasteiger partial charge in [-0.1, -0.05) is 18.2 Å². The van der Waals surface area contributed by atoms with E-state index < -0.39 is 35.1 Å². The van der Waals surface area contributed by atoms with Gasteiger partial charge in [0.2, 0.25) is 0 Å². The number of benzene rings is 1. The number of hydrogen-bond acceptors (Lipinski definition) is 3. The maximum atomic E-state index is 15.3. The Morgan fingerprint density at radius 1 is 1.12 bits per heavy atom. The molecule has 0 radical (unpaired) electrons. The smallest absolute Gasteiger partial charge is 0.323 e. The molecule has 0 bridgehead atoms. The van der Waals surface area contributed by atoms with E-state index in [1.807, 2.05) is 0 Å². The number of halogens is 4. The molecule has 2 aromatic heterocycles. The monoisotopic (exact) mass is 411 g/mol. The number of nitrogens with zero attached hydrogens (tertiary/aromatic N) is 3. The highest BCUT2D eigenvalue weighted by Gasteiger charge is 2.57. The zero-order valence-electron chi connectivity index (χ0n) is 12.8. The highest BCUT2D eigenvalue weighted by atomic mass is 79.9. The number of aromatic nitrogens is 3. The number of alkyl halides is 2. The number of rotatable bonds is 5. The molecular formula is C17H13BrF3N3O. The summed E-state index contributed by atoms with van der Waals surface area (Å²) >= 11 is 3.12. The fourth-order valence-electron chi connectivity index (χ4n) is 2.55. The molecule has 1 aromatic carbocycles. The van der Waals surface area contributed by atoms with Crippen molar-refractivity contribution in [2.45, 2.75) is 18.1 Å². The van der Waals surface area contributed by atoms with Gasteiger partial charge in [0.1, 0.15) is 11.5 Å². The van der Waals surface area contributed by atoms with Crippen molar-refractivity contribution in [3.8, 4) is 0 Å². The van der Waals surface area contributed by atoms with Crippen molar-refractivity contribution in [1.29, 1.82) is 0 Å². The van der Waals surface area contributed by atoms with Crippen LogP contribution in [0, 0.1) is 5.82 Å². The van der Waals surface area contributed by atoms with E-state index in [4.69, 9.17) is 0 Å². The Morgan fingerprint density at radius 3 is 2.48 bits per heavy atom. The molecule has 0 spiro atoms. The summed E-state index contributed by atoms with van der Waals surface area (Å²) in [5, 5.41) is 14.8. The molecule has 3 aromatic rings. The van der Waals surface area contributed by atoms with Crippen molar-refractivity contribution in [3.63, 3.8) is 0 Å². The lowest BCUT2D eigenvalue weighted by Crippen LogP contribution is -2.47. The minimum atomic E-state index is -3.87. The third kappa shape index (κ3) is 3.19. The molecule has 130 valence electrons. The van der Waals surface area contributed by atoms with Gasteiger partial charge in [-0.05, 0) is 40.2 Å². The molecule has 0 aliphatic heterocycles. The minimum Gasteiger partial charge on any atom is -0.377 e. The molecule has 0 saturated carbocycles. The van der Waals surface area contributed by atoms with Crippen LogP contribution in [-0.4, -0.2) is 19.9 Å². The van der Waals surface area contributed by atoms with E-state index in [1.165, 1.54) is 42.9 Å². The Morgan fingerprint density at radius 2 is 1.88 bits per heavy atom. The first-order valence-corrected chi connectivity index (χ1v) is 8.08. The van der Waals surface area contributed by atoms with Gasteiger partial charge in [0.15, 0.2) is 5.60 Å². The van der Waals surface area contributed by atoms with Crippen molar-refractivity contribution in [2.24, 2.45) is 0 Å². The topological polar surface area (TPSA) is 50.9 Å². The average Bonchev–Trinajstić information content (AvgIpc) is 3.08. The van der Waals surface area contributed by atoms with E-state index in [0.717, 1.165) is 22.9 Å². The van der Waals surface area contributed by atoms with Crippen LogP contribution >= 0.6 is 15.9 Å². The Labute approximate surface area is 150 Å². The van der Waals surface area contributed by atoms with Crippen LogP contribution in [0.25, 0.3) is 0 Å². The van der Waals surface area contributed by atoms with Gasteiger partial charge in [0.25, 0.3) is 0 Å². The molecule has 1 N–H and O–H groups in total. The first-order chi connectivity index (χ1) is 11.8. The third-order valence-corrected chi connectivity index (χ3v) is 4.31. The quantitative estimate of drug-likeness (QED) is 0.693. The summed E-state index contributed by atoms with van der Waals surface area (Å²) < 4.78 is 46.4. The first kappa shape index (κ1) is 17.6. The van der Waals surface area contributed by atoms with Crippen molar-refractivity contribution in [3.05, 3.63) is 82.6 Å². The predicted molar refractivity (Wildman–Crippen MR) is 88.4 cm³/mol. The van der Waals surface area contributed by atoms with Gasteiger partial charge in [-0.2, -0.15) is 13.9 Å². The van der Waals surface area contributed by atoms with Crippen LogP contribution in [0.4, 0.5) is 13.2 Å². The second-order valence-electron chi connectivity index (χ2n) is 5.48. The number of aliphatic hydroxyl groups is 1. The lowest BCUT2D eigenvalue weighted by atomic mass is 9.84. The number of hydrogen-bond donors (Lipinski definition) is 1. The summed E-state index contributed by atoms with van der Waals surface area (Å²) in [4.78, 5) is 3.69. The van der Waals surface area contributed by atoms with E-state index in [2.05, 4.69) is 26.0 Å². The summed E-state index contributed by atoms with van der Waals surface area (Å²) in [6, 6.07) is 8.89. The van der Waals surface area contributed by atoms with Crippen molar-refractivity contribution >= 4 is 15.9 Å². The Hall–Kier alpha value is -2.19. The first-order valence-electron chi connectivity index (χ1n) is 7.29. The molecule has 1 unspecified atom stereocenters. The molecule has 8 heteroatoms. The molecular weight excluding hydrogens is 399 g/mol. The lowest BCUT2D eigenvalue weighted by molar-refractivity contribution is -0.207. The van der Waals surface area contributed by atoms with Crippen LogP contribution in [0.1, 0.15) is 11.3 Å². The molecule has 0 aliphatic rings. The molecule has 25 heavy (non-hydrogen) atoms. The molecule has 3 rings (SSSR count). The van der Waals surface area contributed by atoms with Gasteiger partial charge in [-0.15, -0.1) is 0 Å². The molecule has 2 heterocycles. The van der Waals surface area contributed by atoms with Gasteiger partial charge in [0.05, 0.1) is 6.54 Å². The summed E-state index contributed by atoms with van der Waals surface area (Å²) in [5.41, 5.74) is -4.08. The summed E-state index contributed by atoms with van der Waals surface area (Å²) in [6.07, 6.45) is 3.99. The van der Waals surface area contributed by atoms with Gasteiger partial charge in [-0.3, -0.25) is 9.67 Å². The van der Waals surface area contributed by atoms with Crippen molar-refractivity contribution in [1.82, 2.24) is 14.8 Å². The molecule has 4 nitrogen and oxygen atoms in total. The van der Waals surface area contributed by atoms with Crippen LogP contribution in [0.5, 0.6) is 0 Å². The van der Waals surface area contributed by atoms with E-state index in [0.29, 0.717) is 4.47 Å². The zero-order valence-corrected chi connectivity index (χ0v) is 14.4. The highest BCUT2D eigenvalue weighted by Crippen LogP contribution is 2.46. The van der Waals surface area contributed by atoms with Crippen LogP contribution in [0.2, 0.25) is 0 Å². The highest BCUT2D eigenvalue weighted by molar-refractivity contribution is 9.10. The van der Waals surface area contributed by atoms with Crippen LogP contribution in [-0.2, 0) is 18.1 Å². The average molecular weight is 412 g/mol. The molecule has 0 fully saturated rings. The Balaban J connectivity index is 2.16. The fraction of sp³-hybridized carbons (Fsp3) is 0.176. The predicted octanol–water partition coefficient (Wildman–Crippen LogP) is 3.86. The second-order valence-corrected chi connectivity index (χ2v) is 6.40. The summed E-state index contributed by atoms with van der Waals surface area (Å²) in [5.74, 6) is -4.81. The van der Waals surface area contributed by atoms with Crippen LogP contribution in [0.3, 0.4) is 0 Å². The van der Waals surface area contributed by atoms with Gasteiger partial charge in [0, 0.05) is 28.6 Å². The SMILES string of the molecule is OC(Cn1cccn1)(c1ccccc1F)C(F)(F)c1ccc(Br)cn1. The molecule has 1 atom stereocenters. The summed E-state index contributed by atoms with van der Waals surface area (Å²) in [7, 11) is 0. The van der Waals surface area contributed by atoms with E-state index in [9.17, 15) is 9.50 Å². The summed E-state index contributed by atoms with van der Waals surface area (Å²) in [6.45, 7) is -0.647. The van der Waals surface area contributed by atoms with E-state index in [-0.39, 0.29) is 0 Å². The zero-order chi connectivity index (χ0) is 18.1. The van der Waals surface area contributed by atoms with E-state index in [1.54, 1.807) is 0 Å². The van der Waals surface area contributed by atoms with Crippen molar-refractivity contribution in [2.75, 3.05) is 0 Å². The molecule has 0 saturated heterocycles. The fourth-order valence-corrected chi connectivity index (χ4v) is 2.79. The maximum Gasteiger partial charge on any atom is 0.323 e. The van der Waals surface area contributed by atoms with Crippen LogP contribution in [0.15, 0.2) is 65.5 Å². The lowest BCUT2D eigenvalue weighted by Gasteiger charge is -2.36. The third-order valence-electron chi connectivity index (χ3n) is 3.84. The maximum absolute atomic E-state index is 15.3. The van der Waals surface area contributed by atoms with Gasteiger partial charge < -0.3 is 5.11 Å². The standard InChI is InChI=1S/C17H13BrF3N3O/c18-12-6-7-15(22-10-12)17(20,21)16(25,11-24-9-3-8-23-24)13-4-1-2-5-14(13)19/h1-10,25H,11H2. The Bertz CT molecular complexity index is 856.